The SMILES string of the molecule is CCCCCCNCCN1C(C)CCC1CC. The molecule has 1 fully saturated rings. The first kappa shape index (κ1) is 15.0. The number of hydrogen-bond acceptors (Lipinski definition) is 2. The van der Waals surface area contributed by atoms with Gasteiger partial charge in [0.25, 0.3) is 0 Å². The van der Waals surface area contributed by atoms with Crippen LogP contribution in [0, 0.1) is 0 Å². The molecule has 1 heterocycles. The number of hydrogen-bond donors (Lipinski definition) is 1. The molecule has 17 heavy (non-hydrogen) atoms. The van der Waals surface area contributed by atoms with Crippen LogP contribution in [-0.4, -0.2) is 36.6 Å². The highest BCUT2D eigenvalue weighted by atomic mass is 15.2. The first-order valence-electron chi connectivity index (χ1n) is 7.76. The summed E-state index contributed by atoms with van der Waals surface area (Å²) in [5.74, 6) is 0. The molecule has 2 heteroatoms. The summed E-state index contributed by atoms with van der Waals surface area (Å²) in [5, 5.41) is 3.59. The van der Waals surface area contributed by atoms with Crippen molar-refractivity contribution in [3.8, 4) is 0 Å². The van der Waals surface area contributed by atoms with E-state index < -0.39 is 0 Å². The van der Waals surface area contributed by atoms with Gasteiger partial charge in [0.2, 0.25) is 0 Å². The van der Waals surface area contributed by atoms with Crippen molar-refractivity contribution in [2.24, 2.45) is 0 Å². The van der Waals surface area contributed by atoms with Crippen LogP contribution in [0.15, 0.2) is 0 Å². The molecule has 0 aromatic rings. The van der Waals surface area contributed by atoms with Gasteiger partial charge in [-0.1, -0.05) is 33.1 Å². The van der Waals surface area contributed by atoms with Crippen LogP contribution in [-0.2, 0) is 0 Å². The second kappa shape index (κ2) is 8.93. The van der Waals surface area contributed by atoms with Crippen molar-refractivity contribution in [3.63, 3.8) is 0 Å². The first-order valence-corrected chi connectivity index (χ1v) is 7.76. The molecular weight excluding hydrogens is 208 g/mol. The number of nitrogens with zero attached hydrogens (tertiary/aromatic N) is 1. The maximum absolute atomic E-state index is 3.59. The van der Waals surface area contributed by atoms with Gasteiger partial charge in [0, 0.05) is 25.2 Å². The zero-order chi connectivity index (χ0) is 12.5. The average Bonchev–Trinajstić information content (AvgIpc) is 2.69. The first-order chi connectivity index (χ1) is 8.29. The van der Waals surface area contributed by atoms with Crippen LogP contribution in [0.1, 0.15) is 65.7 Å². The second-order valence-electron chi connectivity index (χ2n) is 5.54. The van der Waals surface area contributed by atoms with Crippen LogP contribution in [0.3, 0.4) is 0 Å². The minimum atomic E-state index is 0.807. The van der Waals surface area contributed by atoms with Gasteiger partial charge in [0.15, 0.2) is 0 Å². The van der Waals surface area contributed by atoms with E-state index in [4.69, 9.17) is 0 Å². The summed E-state index contributed by atoms with van der Waals surface area (Å²) < 4.78 is 0. The molecule has 1 rings (SSSR count). The second-order valence-corrected chi connectivity index (χ2v) is 5.54. The standard InChI is InChI=1S/C15H32N2/c1-4-6-7-8-11-16-12-13-17-14(3)9-10-15(17)5-2/h14-16H,4-13H2,1-3H3. The van der Waals surface area contributed by atoms with Crippen molar-refractivity contribution in [3.05, 3.63) is 0 Å². The van der Waals surface area contributed by atoms with Crippen LogP contribution in [0.25, 0.3) is 0 Å². The lowest BCUT2D eigenvalue weighted by Gasteiger charge is -2.27. The molecule has 2 nitrogen and oxygen atoms in total. The molecule has 1 aliphatic rings. The Morgan fingerprint density at radius 2 is 1.88 bits per heavy atom. The number of nitrogens with one attached hydrogen (secondary N) is 1. The molecule has 1 saturated heterocycles. The van der Waals surface area contributed by atoms with Gasteiger partial charge in [0.1, 0.15) is 0 Å². The Bertz CT molecular complexity index is 182. The molecule has 0 saturated carbocycles. The van der Waals surface area contributed by atoms with Gasteiger partial charge in [0.05, 0.1) is 0 Å². The third-order valence-electron chi connectivity index (χ3n) is 4.18. The summed E-state index contributed by atoms with van der Waals surface area (Å²) in [6.07, 6.45) is 9.60. The number of rotatable bonds is 9. The summed E-state index contributed by atoms with van der Waals surface area (Å²) in [5.41, 5.74) is 0. The van der Waals surface area contributed by atoms with Gasteiger partial charge in [-0.25, -0.2) is 0 Å². The maximum Gasteiger partial charge on any atom is 0.0113 e. The van der Waals surface area contributed by atoms with Crippen molar-refractivity contribution in [1.82, 2.24) is 10.2 Å². The lowest BCUT2D eigenvalue weighted by atomic mass is 10.1. The highest BCUT2D eigenvalue weighted by Crippen LogP contribution is 2.24. The Labute approximate surface area is 108 Å². The molecule has 102 valence electrons. The number of unbranched alkanes of at least 4 members (excludes halogenated alkanes) is 3. The van der Waals surface area contributed by atoms with E-state index in [1.807, 2.05) is 0 Å². The van der Waals surface area contributed by atoms with E-state index in [2.05, 4.69) is 31.0 Å². The maximum atomic E-state index is 3.59. The van der Waals surface area contributed by atoms with Crippen molar-refractivity contribution in [2.75, 3.05) is 19.6 Å². The lowest BCUT2D eigenvalue weighted by Crippen LogP contribution is -2.39. The van der Waals surface area contributed by atoms with E-state index >= 15 is 0 Å². The minimum absolute atomic E-state index is 0.807. The molecule has 1 N–H and O–H groups in total. The smallest absolute Gasteiger partial charge is 0.0113 e. The van der Waals surface area contributed by atoms with Crippen LogP contribution in [0.5, 0.6) is 0 Å². The van der Waals surface area contributed by atoms with E-state index in [1.54, 1.807) is 0 Å². The third-order valence-corrected chi connectivity index (χ3v) is 4.18. The van der Waals surface area contributed by atoms with E-state index in [9.17, 15) is 0 Å². The topological polar surface area (TPSA) is 15.3 Å². The molecule has 0 spiro atoms. The van der Waals surface area contributed by atoms with Gasteiger partial charge >= 0.3 is 0 Å². The Morgan fingerprint density at radius 1 is 1.06 bits per heavy atom. The van der Waals surface area contributed by atoms with Gasteiger partial charge in [-0.3, -0.25) is 4.90 Å². The molecule has 0 aromatic carbocycles. The molecule has 2 unspecified atom stereocenters. The van der Waals surface area contributed by atoms with Crippen molar-refractivity contribution < 1.29 is 0 Å². The zero-order valence-electron chi connectivity index (χ0n) is 12.2. The summed E-state index contributed by atoms with van der Waals surface area (Å²) >= 11 is 0. The lowest BCUT2D eigenvalue weighted by molar-refractivity contribution is 0.199. The van der Waals surface area contributed by atoms with Gasteiger partial charge in [-0.15, -0.1) is 0 Å². The van der Waals surface area contributed by atoms with Crippen LogP contribution >= 0.6 is 0 Å². The van der Waals surface area contributed by atoms with Gasteiger partial charge < -0.3 is 5.32 Å². The molecule has 2 atom stereocenters. The molecule has 0 amide bonds. The molecule has 0 aliphatic carbocycles. The molecule has 0 radical (unpaired) electrons. The Balaban J connectivity index is 2.01. The fourth-order valence-corrected chi connectivity index (χ4v) is 2.98. The van der Waals surface area contributed by atoms with Crippen LogP contribution < -0.4 is 5.32 Å². The molecule has 0 aromatic heterocycles. The highest BCUT2D eigenvalue weighted by molar-refractivity contribution is 4.84. The summed E-state index contributed by atoms with van der Waals surface area (Å²) in [6, 6.07) is 1.66. The largest absolute Gasteiger partial charge is 0.315 e. The van der Waals surface area contributed by atoms with Crippen LogP contribution in [0.2, 0.25) is 0 Å². The van der Waals surface area contributed by atoms with E-state index in [0.717, 1.165) is 12.1 Å². The zero-order valence-corrected chi connectivity index (χ0v) is 12.2. The number of likely N-dealkylation sites (tertiary alicyclic amines) is 1. The quantitative estimate of drug-likeness (QED) is 0.621. The third kappa shape index (κ3) is 5.39. The Morgan fingerprint density at radius 3 is 2.59 bits per heavy atom. The molecular formula is C15H32N2. The van der Waals surface area contributed by atoms with E-state index in [0.29, 0.717) is 0 Å². The summed E-state index contributed by atoms with van der Waals surface area (Å²) in [6.45, 7) is 10.6. The molecule has 0 bridgehead atoms. The normalized spacial score (nSPS) is 25.6. The summed E-state index contributed by atoms with van der Waals surface area (Å²) in [4.78, 5) is 2.71. The van der Waals surface area contributed by atoms with E-state index in [1.165, 1.54) is 64.6 Å². The van der Waals surface area contributed by atoms with Crippen molar-refractivity contribution in [1.29, 1.82) is 0 Å². The predicted molar refractivity (Wildman–Crippen MR) is 76.5 cm³/mol. The fraction of sp³-hybridized carbons (Fsp3) is 1.00. The highest BCUT2D eigenvalue weighted by Gasteiger charge is 2.28. The van der Waals surface area contributed by atoms with E-state index in [-0.39, 0.29) is 0 Å². The molecule has 1 aliphatic heterocycles. The van der Waals surface area contributed by atoms with Crippen molar-refractivity contribution in [2.45, 2.75) is 77.8 Å². The summed E-state index contributed by atoms with van der Waals surface area (Å²) in [7, 11) is 0. The monoisotopic (exact) mass is 240 g/mol. The minimum Gasteiger partial charge on any atom is -0.315 e. The van der Waals surface area contributed by atoms with Crippen LogP contribution in [0.4, 0.5) is 0 Å². The Hall–Kier alpha value is -0.0800. The van der Waals surface area contributed by atoms with Gasteiger partial charge in [-0.2, -0.15) is 0 Å². The fourth-order valence-electron chi connectivity index (χ4n) is 2.98. The average molecular weight is 240 g/mol. The van der Waals surface area contributed by atoms with Crippen molar-refractivity contribution >= 4 is 0 Å². The predicted octanol–water partition coefficient (Wildman–Crippen LogP) is 3.42. The van der Waals surface area contributed by atoms with Gasteiger partial charge in [-0.05, 0) is 39.2 Å². The Kier molecular flexibility index (Phi) is 7.87.